The van der Waals surface area contributed by atoms with Crippen LogP contribution in [-0.2, 0) is 27.8 Å². The van der Waals surface area contributed by atoms with Gasteiger partial charge >= 0.3 is 5.97 Å². The minimum atomic E-state index is -0.761. The molecule has 0 spiro atoms. The second-order valence-electron chi connectivity index (χ2n) is 13.2. The molecule has 0 fully saturated rings. The van der Waals surface area contributed by atoms with Gasteiger partial charge in [0.2, 0.25) is 5.88 Å². The quantitative estimate of drug-likeness (QED) is 0.188. The van der Waals surface area contributed by atoms with Crippen LogP contribution < -0.4 is 4.74 Å². The first-order valence-electron chi connectivity index (χ1n) is 14.9. The molecule has 232 valence electrons. The molecule has 5 nitrogen and oxygen atoms in total. The fourth-order valence-electron chi connectivity index (χ4n) is 6.75. The Balaban J connectivity index is 1.58. The van der Waals surface area contributed by atoms with Crippen molar-refractivity contribution in [2.24, 2.45) is 11.3 Å². The summed E-state index contributed by atoms with van der Waals surface area (Å²) >= 11 is 1.62. The number of Topliss-reactive ketones (excluding diaryl/α,β-unsaturated/α-hetero) is 1. The van der Waals surface area contributed by atoms with E-state index >= 15 is 4.39 Å². The number of pyridine rings is 1. The normalized spacial score (nSPS) is 22.1. The summed E-state index contributed by atoms with van der Waals surface area (Å²) in [5.74, 6) is -0.964. The van der Waals surface area contributed by atoms with Gasteiger partial charge in [-0.25, -0.2) is 13.8 Å². The fourth-order valence-corrected chi connectivity index (χ4v) is 8.21. The van der Waals surface area contributed by atoms with Crippen molar-refractivity contribution < 1.29 is 27.8 Å². The van der Waals surface area contributed by atoms with Crippen molar-refractivity contribution >= 4 is 23.5 Å². The van der Waals surface area contributed by atoms with Gasteiger partial charge in [-0.3, -0.25) is 9.59 Å². The van der Waals surface area contributed by atoms with Crippen LogP contribution in [0.5, 0.6) is 5.88 Å². The Morgan fingerprint density at radius 2 is 1.80 bits per heavy atom. The van der Waals surface area contributed by atoms with E-state index in [2.05, 4.69) is 18.0 Å². The molecule has 0 saturated carbocycles. The summed E-state index contributed by atoms with van der Waals surface area (Å²) < 4.78 is 41.3. The summed E-state index contributed by atoms with van der Waals surface area (Å²) in [5, 5.41) is 0. The lowest BCUT2D eigenvalue weighted by Crippen LogP contribution is -2.51. The molecular weight excluding hydrogens is 580 g/mol. The van der Waals surface area contributed by atoms with E-state index in [0.717, 1.165) is 22.1 Å². The van der Waals surface area contributed by atoms with Crippen LogP contribution in [0.2, 0.25) is 0 Å². The number of halogens is 2. The lowest BCUT2D eigenvalue weighted by atomic mass is 9.52. The van der Waals surface area contributed by atoms with E-state index in [-0.39, 0.29) is 24.6 Å². The molecule has 2 aliphatic rings. The number of hydrogen-bond acceptors (Lipinski definition) is 6. The Labute approximate surface area is 262 Å². The maximum absolute atomic E-state index is 15.8. The molecule has 0 radical (unpaired) electrons. The molecular formula is C36H39F2NO4S. The van der Waals surface area contributed by atoms with Crippen LogP contribution >= 0.6 is 11.8 Å². The predicted molar refractivity (Wildman–Crippen MR) is 169 cm³/mol. The summed E-state index contributed by atoms with van der Waals surface area (Å²) in [4.78, 5) is 31.9. The van der Waals surface area contributed by atoms with Crippen LogP contribution in [0.25, 0.3) is 0 Å². The predicted octanol–water partition coefficient (Wildman–Crippen LogP) is 8.05. The molecule has 2 aromatic carbocycles. The Kier molecular flexibility index (Phi) is 9.04. The van der Waals surface area contributed by atoms with Crippen molar-refractivity contribution in [2.75, 3.05) is 12.9 Å². The van der Waals surface area contributed by atoms with Crippen molar-refractivity contribution in [3.8, 4) is 5.88 Å². The molecule has 1 aliphatic carbocycles. The number of carbonyl (C=O) groups excluding carboxylic acids is 2. The number of esters is 1. The zero-order chi connectivity index (χ0) is 31.7. The molecule has 0 bridgehead atoms. The van der Waals surface area contributed by atoms with Crippen molar-refractivity contribution in [3.05, 3.63) is 106 Å². The molecule has 1 aliphatic heterocycles. The van der Waals surface area contributed by atoms with Crippen LogP contribution in [0.1, 0.15) is 74.0 Å². The fraction of sp³-hybridized carbons (Fsp3) is 0.417. The summed E-state index contributed by atoms with van der Waals surface area (Å²) in [6.07, 6.45) is 5.48. The first kappa shape index (κ1) is 31.9. The maximum atomic E-state index is 15.8. The molecule has 2 heterocycles. The topological polar surface area (TPSA) is 65.5 Å². The minimum absolute atomic E-state index is 0.0429. The van der Waals surface area contributed by atoms with E-state index in [1.807, 2.05) is 45.0 Å². The Bertz CT molecular complexity index is 1580. The third kappa shape index (κ3) is 6.46. The van der Waals surface area contributed by atoms with Crippen LogP contribution in [0.4, 0.5) is 8.78 Å². The number of aromatic nitrogens is 1. The molecule has 3 atom stereocenters. The third-order valence-electron chi connectivity index (χ3n) is 8.94. The number of carbonyl (C=O) groups is 2. The molecule has 8 heteroatoms. The van der Waals surface area contributed by atoms with Gasteiger partial charge in [-0.05, 0) is 73.6 Å². The Morgan fingerprint density at radius 1 is 1.05 bits per heavy atom. The highest BCUT2D eigenvalue weighted by Gasteiger charge is 2.54. The van der Waals surface area contributed by atoms with Gasteiger partial charge in [-0.15, -0.1) is 11.8 Å². The maximum Gasteiger partial charge on any atom is 0.306 e. The van der Waals surface area contributed by atoms with Crippen LogP contribution in [0.15, 0.2) is 71.8 Å². The van der Waals surface area contributed by atoms with Gasteiger partial charge in [0.25, 0.3) is 0 Å². The molecule has 1 unspecified atom stereocenters. The number of allylic oxidation sites excluding steroid dienone is 2. The second-order valence-corrected chi connectivity index (χ2v) is 14.2. The number of ketones is 1. The molecule has 0 N–H and O–H groups in total. The zero-order valence-electron chi connectivity index (χ0n) is 25.9. The van der Waals surface area contributed by atoms with E-state index in [1.54, 1.807) is 43.3 Å². The van der Waals surface area contributed by atoms with Gasteiger partial charge in [-0.2, -0.15) is 0 Å². The highest BCUT2D eigenvalue weighted by Crippen LogP contribution is 2.58. The zero-order valence-corrected chi connectivity index (χ0v) is 26.7. The standard InChI is InChI=1S/C36H39F2NO4S/c1-34(2,3)43-32(41)18-25(17-30(40)23-9-7-6-8-10-23)31-13-15-36(28-12-11-26(37)19-29(28)38)21-27-24(14-16-39-33(27)42-5)20-35(36,4)22-44-31/h6-14,16,19,25H,15,17-18,20-22H2,1-5H3/t25?,35-,36-/m0/s1. The van der Waals surface area contributed by atoms with Crippen molar-refractivity contribution in [2.45, 2.75) is 70.8 Å². The highest BCUT2D eigenvalue weighted by molar-refractivity contribution is 8.03. The van der Waals surface area contributed by atoms with E-state index in [4.69, 9.17) is 9.47 Å². The van der Waals surface area contributed by atoms with Gasteiger partial charge < -0.3 is 9.47 Å². The van der Waals surface area contributed by atoms with E-state index < -0.39 is 34.0 Å². The molecule has 3 aromatic rings. The SMILES string of the molecule is COc1nccc2c1C[C@]1(c3ccc(F)cc3F)CC=C(C(CC(=O)OC(C)(C)C)CC(=O)c3ccccc3)SC[C@]1(C)C2. The van der Waals surface area contributed by atoms with Crippen LogP contribution in [-0.4, -0.2) is 35.2 Å². The Morgan fingerprint density at radius 3 is 2.48 bits per heavy atom. The number of fused-ring (bicyclic) bond motifs is 2. The average Bonchev–Trinajstić information content (AvgIpc) is 3.11. The molecule has 1 aromatic heterocycles. The highest BCUT2D eigenvalue weighted by atomic mass is 32.2. The molecule has 44 heavy (non-hydrogen) atoms. The number of rotatable bonds is 8. The number of benzene rings is 2. The second kappa shape index (κ2) is 12.5. The van der Waals surface area contributed by atoms with Gasteiger partial charge in [0.1, 0.15) is 17.2 Å². The first-order chi connectivity index (χ1) is 20.8. The average molecular weight is 620 g/mol. The van der Waals surface area contributed by atoms with E-state index in [1.165, 1.54) is 6.07 Å². The van der Waals surface area contributed by atoms with Gasteiger partial charge in [-0.1, -0.05) is 49.4 Å². The van der Waals surface area contributed by atoms with Crippen molar-refractivity contribution in [1.29, 1.82) is 0 Å². The van der Waals surface area contributed by atoms with Gasteiger partial charge in [0.05, 0.1) is 13.5 Å². The number of hydrogen-bond donors (Lipinski definition) is 0. The summed E-state index contributed by atoms with van der Waals surface area (Å²) in [7, 11) is 1.58. The van der Waals surface area contributed by atoms with Crippen LogP contribution in [0.3, 0.4) is 0 Å². The number of ether oxygens (including phenoxy) is 2. The summed E-state index contributed by atoms with van der Waals surface area (Å²) in [5.41, 5.74) is 1.15. The summed E-state index contributed by atoms with van der Waals surface area (Å²) in [6, 6.07) is 14.9. The lowest BCUT2D eigenvalue weighted by molar-refractivity contribution is -0.155. The van der Waals surface area contributed by atoms with Gasteiger partial charge in [0, 0.05) is 46.9 Å². The Hall–Kier alpha value is -3.52. The number of methoxy groups -OCH3 is 1. The van der Waals surface area contributed by atoms with E-state index in [9.17, 15) is 14.0 Å². The molecule has 0 saturated heterocycles. The molecule has 5 rings (SSSR count). The smallest absolute Gasteiger partial charge is 0.306 e. The first-order valence-corrected chi connectivity index (χ1v) is 15.9. The van der Waals surface area contributed by atoms with Crippen LogP contribution in [0, 0.1) is 23.0 Å². The number of thioether (sulfide) groups is 1. The summed E-state index contributed by atoms with van der Waals surface area (Å²) in [6.45, 7) is 7.62. The largest absolute Gasteiger partial charge is 0.481 e. The third-order valence-corrected chi connectivity index (χ3v) is 10.6. The van der Waals surface area contributed by atoms with Crippen molar-refractivity contribution in [3.63, 3.8) is 0 Å². The molecule has 0 amide bonds. The minimum Gasteiger partial charge on any atom is -0.481 e. The van der Waals surface area contributed by atoms with E-state index in [0.29, 0.717) is 42.0 Å². The lowest BCUT2D eigenvalue weighted by Gasteiger charge is -2.52. The monoisotopic (exact) mass is 619 g/mol. The van der Waals surface area contributed by atoms with Gasteiger partial charge in [0.15, 0.2) is 5.78 Å². The van der Waals surface area contributed by atoms with Crippen molar-refractivity contribution in [1.82, 2.24) is 4.98 Å². The number of nitrogens with zero attached hydrogens (tertiary/aromatic N) is 1.